The van der Waals surface area contributed by atoms with E-state index in [9.17, 15) is 9.46 Å². The Morgan fingerprint density at radius 3 is 2.29 bits per heavy atom. The normalized spacial score (nSPS) is 36.7. The molecule has 7 heteroatoms. The zero-order valence-corrected chi connectivity index (χ0v) is 15.1. The van der Waals surface area contributed by atoms with Gasteiger partial charge in [0.2, 0.25) is 0 Å². The molecule has 1 heterocycles. The van der Waals surface area contributed by atoms with E-state index in [1.165, 1.54) is 0 Å². The Balaban J connectivity index is 0.000000921. The summed E-state index contributed by atoms with van der Waals surface area (Å²) in [5.41, 5.74) is -0.812. The quantitative estimate of drug-likeness (QED) is 0.740. The second kappa shape index (κ2) is 9.23. The molecule has 0 aromatic heterocycles. The number of hydrogen-bond donors (Lipinski definition) is 0. The van der Waals surface area contributed by atoms with Gasteiger partial charge in [0.15, 0.2) is 0 Å². The molecule has 2 rings (SSSR count). The third kappa shape index (κ3) is 5.02. The first-order valence-electron chi connectivity index (χ1n) is 7.68. The van der Waals surface area contributed by atoms with E-state index in [1.54, 1.807) is 7.11 Å². The van der Waals surface area contributed by atoms with Gasteiger partial charge in [-0.05, 0) is 19.8 Å². The van der Waals surface area contributed by atoms with Crippen molar-refractivity contribution in [3.8, 4) is 0 Å². The van der Waals surface area contributed by atoms with E-state index >= 15 is 0 Å². The second-order valence-corrected chi connectivity index (χ2v) is 6.11. The van der Waals surface area contributed by atoms with Gasteiger partial charge in [-0.1, -0.05) is 27.7 Å². The van der Waals surface area contributed by atoms with Crippen LogP contribution in [0.15, 0.2) is 0 Å². The van der Waals surface area contributed by atoms with Gasteiger partial charge in [0.25, 0.3) is 7.82 Å². The van der Waals surface area contributed by atoms with Gasteiger partial charge >= 0.3 is 0 Å². The van der Waals surface area contributed by atoms with Crippen molar-refractivity contribution in [1.82, 2.24) is 0 Å². The summed E-state index contributed by atoms with van der Waals surface area (Å²) in [7, 11) is -1.55. The zero-order valence-electron chi connectivity index (χ0n) is 14.3. The molecule has 1 saturated carbocycles. The van der Waals surface area contributed by atoms with Gasteiger partial charge in [0.1, 0.15) is 11.7 Å². The number of methoxy groups -OCH3 is 1. The van der Waals surface area contributed by atoms with E-state index in [0.717, 1.165) is 13.5 Å². The lowest BCUT2D eigenvalue weighted by molar-refractivity contribution is -0.236. The average Bonchev–Trinajstić information content (AvgIpc) is 2.96. The van der Waals surface area contributed by atoms with E-state index in [1.807, 2.05) is 34.6 Å². The molecule has 1 aliphatic heterocycles. The fourth-order valence-corrected chi connectivity index (χ4v) is 3.66. The van der Waals surface area contributed by atoms with Crippen molar-refractivity contribution >= 4 is 7.82 Å². The molecular weight excluding hydrogens is 295 g/mol. The lowest BCUT2D eigenvalue weighted by Crippen LogP contribution is -2.41. The van der Waals surface area contributed by atoms with Crippen molar-refractivity contribution in [2.75, 3.05) is 14.2 Å². The molecule has 5 atom stereocenters. The molecule has 1 aliphatic carbocycles. The fourth-order valence-electron chi connectivity index (χ4n) is 2.87. The molecule has 128 valence electrons. The Morgan fingerprint density at radius 2 is 1.81 bits per heavy atom. The van der Waals surface area contributed by atoms with E-state index in [0.29, 0.717) is 12.8 Å². The fraction of sp³-hybridized carbons (Fsp3) is 1.00. The van der Waals surface area contributed by atoms with Crippen molar-refractivity contribution < 1.29 is 28.0 Å². The van der Waals surface area contributed by atoms with Gasteiger partial charge in [-0.2, -0.15) is 0 Å². The van der Waals surface area contributed by atoms with E-state index in [-0.39, 0.29) is 18.3 Å². The largest absolute Gasteiger partial charge is 0.756 e. The van der Waals surface area contributed by atoms with Crippen LogP contribution in [0.1, 0.15) is 53.9 Å². The summed E-state index contributed by atoms with van der Waals surface area (Å²) in [6.45, 7) is 9.90. The highest BCUT2D eigenvalue weighted by Gasteiger charge is 2.57. The minimum absolute atomic E-state index is 0.0326. The van der Waals surface area contributed by atoms with Gasteiger partial charge in [0, 0.05) is 20.6 Å². The second-order valence-electron chi connectivity index (χ2n) is 4.67. The van der Waals surface area contributed by atoms with E-state index < -0.39 is 13.4 Å². The smallest absolute Gasteiger partial charge is 0.268 e. The highest BCUT2D eigenvalue weighted by Crippen LogP contribution is 2.54. The van der Waals surface area contributed by atoms with E-state index in [4.69, 9.17) is 14.0 Å². The van der Waals surface area contributed by atoms with Crippen LogP contribution in [0.3, 0.4) is 0 Å². The lowest BCUT2D eigenvalue weighted by Gasteiger charge is -2.34. The molecule has 6 nitrogen and oxygen atoms in total. The summed E-state index contributed by atoms with van der Waals surface area (Å²) in [4.78, 5) is 11.5. The summed E-state index contributed by atoms with van der Waals surface area (Å²) in [5, 5.41) is 0. The first kappa shape index (κ1) is 21.0. The number of phosphoric acid groups is 1. The van der Waals surface area contributed by atoms with Crippen LogP contribution in [0.4, 0.5) is 0 Å². The maximum atomic E-state index is 11.5. The van der Waals surface area contributed by atoms with Gasteiger partial charge in [-0.25, -0.2) is 0 Å². The number of phosphoric ester groups is 1. The average molecular weight is 325 g/mol. The molecular formula is C14H30O6P-. The van der Waals surface area contributed by atoms with Crippen molar-refractivity contribution in [2.24, 2.45) is 0 Å². The topological polar surface area (TPSA) is 77.1 Å². The number of rotatable bonds is 4. The minimum Gasteiger partial charge on any atom is -0.756 e. The molecule has 2 aliphatic rings. The molecule has 0 radical (unpaired) electrons. The maximum absolute atomic E-state index is 11.5. The van der Waals surface area contributed by atoms with Crippen LogP contribution in [0.5, 0.6) is 0 Å². The molecule has 0 spiro atoms. The third-order valence-corrected chi connectivity index (χ3v) is 4.57. The molecule has 21 heavy (non-hydrogen) atoms. The Kier molecular flexibility index (Phi) is 9.25. The molecule has 0 bridgehead atoms. The SMILES string of the molecule is CC.CC.CO[C@@H]1CCC2(OP(=O)([O-])OC)C[C@H](C)OC12. The predicted octanol–water partition coefficient (Wildman–Crippen LogP) is 2.90. The van der Waals surface area contributed by atoms with Crippen LogP contribution in [-0.2, 0) is 23.1 Å². The Labute approximate surface area is 128 Å². The standard InChI is InChI=1S/C10H19O6P.2C2H6/c1-7-6-10(16-17(11,12)14-3)5-4-8(13-2)9(10)15-7;2*1-2/h7-9H,4-6H2,1-3H3,(H,11,12);2*1-2H3/p-1/t7-,8+,9?,10?;;/m0../s1. The molecule has 0 aromatic carbocycles. The van der Waals surface area contributed by atoms with Crippen molar-refractivity contribution in [2.45, 2.75) is 77.8 Å². The predicted molar refractivity (Wildman–Crippen MR) is 80.1 cm³/mol. The summed E-state index contributed by atoms with van der Waals surface area (Å²) >= 11 is 0. The highest BCUT2D eigenvalue weighted by molar-refractivity contribution is 7.45. The van der Waals surface area contributed by atoms with Crippen molar-refractivity contribution in [3.63, 3.8) is 0 Å². The summed E-state index contributed by atoms with van der Waals surface area (Å²) in [6.07, 6.45) is 1.41. The Bertz CT molecular complexity index is 337. The van der Waals surface area contributed by atoms with Gasteiger partial charge in [-0.15, -0.1) is 0 Å². The van der Waals surface area contributed by atoms with E-state index in [2.05, 4.69) is 4.52 Å². The van der Waals surface area contributed by atoms with Gasteiger partial charge < -0.3 is 23.4 Å². The number of hydrogen-bond acceptors (Lipinski definition) is 6. The number of fused-ring (bicyclic) bond motifs is 1. The molecule has 1 saturated heterocycles. The first-order chi connectivity index (χ1) is 9.92. The van der Waals surface area contributed by atoms with Crippen LogP contribution in [-0.4, -0.2) is 38.1 Å². The number of ether oxygens (including phenoxy) is 2. The van der Waals surface area contributed by atoms with Crippen LogP contribution in [0.2, 0.25) is 0 Å². The summed E-state index contributed by atoms with van der Waals surface area (Å²) in [6, 6.07) is 0. The minimum atomic E-state index is -4.25. The van der Waals surface area contributed by atoms with Gasteiger partial charge in [-0.3, -0.25) is 4.57 Å². The monoisotopic (exact) mass is 325 g/mol. The molecule has 0 N–H and O–H groups in total. The summed E-state index contributed by atoms with van der Waals surface area (Å²) in [5.74, 6) is 0. The van der Waals surface area contributed by atoms with Crippen LogP contribution >= 0.6 is 7.82 Å². The molecule has 2 fully saturated rings. The Morgan fingerprint density at radius 1 is 1.24 bits per heavy atom. The maximum Gasteiger partial charge on any atom is 0.268 e. The summed E-state index contributed by atoms with van der Waals surface area (Å²) < 4.78 is 32.1. The van der Waals surface area contributed by atoms with Crippen molar-refractivity contribution in [1.29, 1.82) is 0 Å². The third-order valence-electron chi connectivity index (χ3n) is 3.54. The highest BCUT2D eigenvalue weighted by atomic mass is 31.2. The van der Waals surface area contributed by atoms with Crippen LogP contribution < -0.4 is 4.89 Å². The molecule has 0 amide bonds. The lowest BCUT2D eigenvalue weighted by atomic mass is 9.96. The van der Waals surface area contributed by atoms with Crippen molar-refractivity contribution in [3.05, 3.63) is 0 Å². The molecule has 3 unspecified atom stereocenters. The van der Waals surface area contributed by atoms with Crippen LogP contribution in [0, 0.1) is 0 Å². The Hall–Kier alpha value is 0.0300. The zero-order chi connectivity index (χ0) is 16.7. The molecule has 0 aromatic rings. The van der Waals surface area contributed by atoms with Crippen LogP contribution in [0.25, 0.3) is 0 Å². The first-order valence-corrected chi connectivity index (χ1v) is 9.14. The van der Waals surface area contributed by atoms with Gasteiger partial charge in [0.05, 0.1) is 12.2 Å².